The molecule has 0 spiro atoms. The zero-order chi connectivity index (χ0) is 17.0. The van der Waals surface area contributed by atoms with Crippen LogP contribution in [-0.2, 0) is 9.53 Å². The molecule has 0 aliphatic carbocycles. The van der Waals surface area contributed by atoms with Crippen molar-refractivity contribution in [1.82, 2.24) is 9.88 Å². The number of rotatable bonds is 4. The SMILES string of the molecule is CC(=O)c1c(C)[nH]c(C(=O)OCC(=O)N2CCCCCC2)c1C. The van der Waals surface area contributed by atoms with Gasteiger partial charge in [-0.3, -0.25) is 9.59 Å². The van der Waals surface area contributed by atoms with E-state index in [4.69, 9.17) is 4.74 Å². The van der Waals surface area contributed by atoms with Crippen molar-refractivity contribution in [3.8, 4) is 0 Å². The van der Waals surface area contributed by atoms with Crippen LogP contribution in [0.4, 0.5) is 0 Å². The maximum atomic E-state index is 12.2. The van der Waals surface area contributed by atoms with Crippen LogP contribution in [0.25, 0.3) is 0 Å². The van der Waals surface area contributed by atoms with Gasteiger partial charge in [0, 0.05) is 24.3 Å². The van der Waals surface area contributed by atoms with Crippen molar-refractivity contribution in [3.05, 3.63) is 22.5 Å². The van der Waals surface area contributed by atoms with E-state index in [1.54, 1.807) is 18.7 Å². The number of aryl methyl sites for hydroxylation is 1. The summed E-state index contributed by atoms with van der Waals surface area (Å²) in [5.41, 5.74) is 1.97. The fraction of sp³-hybridized carbons (Fsp3) is 0.588. The number of ketones is 1. The lowest BCUT2D eigenvalue weighted by molar-refractivity contribution is -0.134. The average molecular weight is 320 g/mol. The molecular formula is C17H24N2O4. The number of aromatic nitrogens is 1. The molecule has 126 valence electrons. The van der Waals surface area contributed by atoms with Gasteiger partial charge in [-0.2, -0.15) is 0 Å². The van der Waals surface area contributed by atoms with Crippen LogP contribution >= 0.6 is 0 Å². The summed E-state index contributed by atoms with van der Waals surface area (Å²) < 4.78 is 5.14. The van der Waals surface area contributed by atoms with Crippen molar-refractivity contribution in [1.29, 1.82) is 0 Å². The molecule has 1 amide bonds. The maximum Gasteiger partial charge on any atom is 0.355 e. The molecule has 0 saturated carbocycles. The number of hydrogen-bond acceptors (Lipinski definition) is 4. The van der Waals surface area contributed by atoms with Gasteiger partial charge in [0.1, 0.15) is 5.69 Å². The summed E-state index contributed by atoms with van der Waals surface area (Å²) in [6, 6.07) is 0. The molecule has 1 saturated heterocycles. The van der Waals surface area contributed by atoms with Gasteiger partial charge < -0.3 is 14.6 Å². The highest BCUT2D eigenvalue weighted by Gasteiger charge is 2.22. The number of nitrogens with zero attached hydrogens (tertiary/aromatic N) is 1. The second-order valence-corrected chi connectivity index (χ2v) is 6.05. The number of carbonyl (C=O) groups excluding carboxylic acids is 3. The summed E-state index contributed by atoms with van der Waals surface area (Å²) in [5.74, 6) is -0.856. The van der Waals surface area contributed by atoms with Crippen LogP contribution in [0.2, 0.25) is 0 Å². The van der Waals surface area contributed by atoms with E-state index in [9.17, 15) is 14.4 Å². The van der Waals surface area contributed by atoms with E-state index in [1.807, 2.05) is 0 Å². The van der Waals surface area contributed by atoms with Gasteiger partial charge in [0.2, 0.25) is 0 Å². The Kier molecular flexibility index (Phi) is 5.58. The topological polar surface area (TPSA) is 79.5 Å². The first-order valence-electron chi connectivity index (χ1n) is 8.06. The van der Waals surface area contributed by atoms with Crippen LogP contribution in [-0.4, -0.2) is 47.2 Å². The smallest absolute Gasteiger partial charge is 0.355 e. The van der Waals surface area contributed by atoms with Crippen molar-refractivity contribution in [2.24, 2.45) is 0 Å². The zero-order valence-electron chi connectivity index (χ0n) is 14.0. The van der Waals surface area contributed by atoms with Gasteiger partial charge in [0.05, 0.1) is 0 Å². The van der Waals surface area contributed by atoms with Gasteiger partial charge >= 0.3 is 5.97 Å². The molecule has 1 aliphatic heterocycles. The third-order valence-electron chi connectivity index (χ3n) is 4.28. The number of hydrogen-bond donors (Lipinski definition) is 1. The first-order valence-corrected chi connectivity index (χ1v) is 8.06. The molecular weight excluding hydrogens is 296 g/mol. The van der Waals surface area contributed by atoms with Gasteiger partial charge in [-0.25, -0.2) is 4.79 Å². The fourth-order valence-electron chi connectivity index (χ4n) is 3.09. The number of esters is 1. The van der Waals surface area contributed by atoms with Crippen LogP contribution < -0.4 is 0 Å². The Morgan fingerprint density at radius 2 is 1.70 bits per heavy atom. The number of ether oxygens (including phenoxy) is 1. The highest BCUT2D eigenvalue weighted by molar-refractivity contribution is 6.01. The third kappa shape index (κ3) is 4.00. The summed E-state index contributed by atoms with van der Waals surface area (Å²) >= 11 is 0. The third-order valence-corrected chi connectivity index (χ3v) is 4.28. The largest absolute Gasteiger partial charge is 0.451 e. The normalized spacial score (nSPS) is 15.2. The Hall–Kier alpha value is -2.11. The first kappa shape index (κ1) is 17.2. The number of aromatic amines is 1. The Labute approximate surface area is 136 Å². The molecule has 2 heterocycles. The van der Waals surface area contributed by atoms with Gasteiger partial charge in [0.15, 0.2) is 12.4 Å². The lowest BCUT2D eigenvalue weighted by Gasteiger charge is -2.19. The minimum absolute atomic E-state index is 0.101. The van der Waals surface area contributed by atoms with Crippen LogP contribution in [0.3, 0.4) is 0 Å². The summed E-state index contributed by atoms with van der Waals surface area (Å²) in [6.45, 7) is 6.10. The highest BCUT2D eigenvalue weighted by Crippen LogP contribution is 2.19. The maximum absolute atomic E-state index is 12.2. The second-order valence-electron chi connectivity index (χ2n) is 6.05. The number of amides is 1. The number of carbonyl (C=O) groups is 3. The molecule has 0 unspecified atom stereocenters. The fourth-order valence-corrected chi connectivity index (χ4v) is 3.09. The number of nitrogens with one attached hydrogen (secondary N) is 1. The van der Waals surface area contributed by atoms with Crippen molar-refractivity contribution in [3.63, 3.8) is 0 Å². The van der Waals surface area contributed by atoms with Crippen molar-refractivity contribution >= 4 is 17.7 Å². The Morgan fingerprint density at radius 1 is 1.09 bits per heavy atom. The number of likely N-dealkylation sites (tertiary alicyclic amines) is 1. The minimum atomic E-state index is -0.596. The molecule has 1 aromatic rings. The summed E-state index contributed by atoms with van der Waals surface area (Å²) in [5, 5.41) is 0. The molecule has 1 aromatic heterocycles. The van der Waals surface area contributed by atoms with Crippen LogP contribution in [0.5, 0.6) is 0 Å². The van der Waals surface area contributed by atoms with Crippen LogP contribution in [0, 0.1) is 13.8 Å². The van der Waals surface area contributed by atoms with E-state index < -0.39 is 5.97 Å². The number of Topliss-reactive ketones (excluding diaryl/α,β-unsaturated/α-hetero) is 1. The molecule has 2 rings (SSSR count). The summed E-state index contributed by atoms with van der Waals surface area (Å²) in [4.78, 5) is 40.5. The van der Waals surface area contributed by atoms with Crippen LogP contribution in [0.15, 0.2) is 0 Å². The monoisotopic (exact) mass is 320 g/mol. The molecule has 0 aromatic carbocycles. The van der Waals surface area contributed by atoms with Gasteiger partial charge in [-0.15, -0.1) is 0 Å². The summed E-state index contributed by atoms with van der Waals surface area (Å²) in [6.07, 6.45) is 4.27. The summed E-state index contributed by atoms with van der Waals surface area (Å²) in [7, 11) is 0. The van der Waals surface area contributed by atoms with Crippen molar-refractivity contribution < 1.29 is 19.1 Å². The minimum Gasteiger partial charge on any atom is -0.451 e. The standard InChI is InChI=1S/C17H24N2O4/c1-11-15(13(3)20)12(2)18-16(11)17(22)23-10-14(21)19-8-6-4-5-7-9-19/h18H,4-10H2,1-3H3. The highest BCUT2D eigenvalue weighted by atomic mass is 16.5. The van der Waals surface area contributed by atoms with E-state index in [2.05, 4.69) is 4.98 Å². The van der Waals surface area contributed by atoms with Crippen molar-refractivity contribution in [2.45, 2.75) is 46.5 Å². The predicted molar refractivity (Wildman–Crippen MR) is 85.6 cm³/mol. The lowest BCUT2D eigenvalue weighted by Crippen LogP contribution is -2.35. The molecule has 1 fully saturated rings. The van der Waals surface area contributed by atoms with E-state index >= 15 is 0 Å². The average Bonchev–Trinajstić information content (AvgIpc) is 2.70. The van der Waals surface area contributed by atoms with Gasteiger partial charge in [-0.05, 0) is 39.2 Å². The molecule has 0 radical (unpaired) electrons. The van der Waals surface area contributed by atoms with E-state index in [0.29, 0.717) is 16.8 Å². The Bertz CT molecular complexity index is 610. The molecule has 6 nitrogen and oxygen atoms in total. The second kappa shape index (κ2) is 7.44. The zero-order valence-corrected chi connectivity index (χ0v) is 14.0. The van der Waals surface area contributed by atoms with Gasteiger partial charge in [0.25, 0.3) is 5.91 Å². The first-order chi connectivity index (χ1) is 10.9. The molecule has 0 bridgehead atoms. The Balaban J connectivity index is 1.98. The van der Waals surface area contributed by atoms with Gasteiger partial charge in [-0.1, -0.05) is 12.8 Å². The van der Waals surface area contributed by atoms with E-state index in [1.165, 1.54) is 6.92 Å². The van der Waals surface area contributed by atoms with E-state index in [0.717, 1.165) is 38.8 Å². The molecule has 1 N–H and O–H groups in total. The molecule has 1 aliphatic rings. The molecule has 0 atom stereocenters. The van der Waals surface area contributed by atoms with Crippen molar-refractivity contribution in [2.75, 3.05) is 19.7 Å². The van der Waals surface area contributed by atoms with Crippen LogP contribution in [0.1, 0.15) is 64.7 Å². The number of H-pyrrole nitrogens is 1. The quantitative estimate of drug-likeness (QED) is 0.682. The predicted octanol–water partition coefficient (Wildman–Crippen LogP) is 2.39. The lowest BCUT2D eigenvalue weighted by atomic mass is 10.1. The Morgan fingerprint density at radius 3 is 2.22 bits per heavy atom. The molecule has 23 heavy (non-hydrogen) atoms. The molecule has 6 heteroatoms. The van der Waals surface area contributed by atoms with E-state index in [-0.39, 0.29) is 24.0 Å².